The van der Waals surface area contributed by atoms with Crippen molar-refractivity contribution in [1.82, 2.24) is 4.90 Å². The Balaban J connectivity index is 2.12. The van der Waals surface area contributed by atoms with Crippen LogP contribution < -0.4 is 0 Å². The van der Waals surface area contributed by atoms with Gasteiger partial charge in [-0.05, 0) is 77.8 Å². The van der Waals surface area contributed by atoms with Crippen LogP contribution in [0.15, 0.2) is 30.3 Å². The Morgan fingerprint density at radius 3 is 2.35 bits per heavy atom. The van der Waals surface area contributed by atoms with Gasteiger partial charge in [-0.15, -0.1) is 0 Å². The van der Waals surface area contributed by atoms with Crippen molar-refractivity contribution < 1.29 is 5.11 Å². The smallest absolute Gasteiger partial charge is 0.0540 e. The van der Waals surface area contributed by atoms with Crippen molar-refractivity contribution in [3.63, 3.8) is 0 Å². The molecule has 1 heterocycles. The number of aliphatic hydroxyl groups excluding tert-OH is 1. The molecule has 0 spiro atoms. The SMILES string of the molecule is CCCC(O)CCCCC1C(c2ccccc2)CC(C)(C)N(C)C1(C)C. The number of aliphatic hydroxyl groups is 1. The molecule has 0 amide bonds. The van der Waals surface area contributed by atoms with Gasteiger partial charge in [-0.1, -0.05) is 56.5 Å². The summed E-state index contributed by atoms with van der Waals surface area (Å²) < 4.78 is 0. The Kier molecular flexibility index (Phi) is 7.33. The van der Waals surface area contributed by atoms with Crippen LogP contribution in [0, 0.1) is 5.92 Å². The Labute approximate surface area is 162 Å². The maximum Gasteiger partial charge on any atom is 0.0540 e. The number of nitrogens with zero attached hydrogens (tertiary/aromatic N) is 1. The standard InChI is InChI=1S/C24H41NO/c1-7-13-20(26)16-11-12-17-22-21(19-14-9-8-10-15-19)18-23(2,3)25(6)24(22,4)5/h8-10,14-15,20-22,26H,7,11-13,16-18H2,1-6H3. The van der Waals surface area contributed by atoms with Gasteiger partial charge in [0.2, 0.25) is 0 Å². The number of piperidine rings is 1. The topological polar surface area (TPSA) is 23.5 Å². The first-order valence-corrected chi connectivity index (χ1v) is 10.7. The fourth-order valence-electron chi connectivity index (χ4n) is 5.17. The molecule has 2 rings (SSSR count). The molecular formula is C24H41NO. The molecule has 148 valence electrons. The van der Waals surface area contributed by atoms with Crippen molar-refractivity contribution >= 4 is 0 Å². The summed E-state index contributed by atoms with van der Waals surface area (Å²) in [4.78, 5) is 2.61. The summed E-state index contributed by atoms with van der Waals surface area (Å²) in [6.45, 7) is 11.8. The lowest BCUT2D eigenvalue weighted by Gasteiger charge is -2.58. The molecular weight excluding hydrogens is 318 g/mol. The molecule has 1 aliphatic rings. The number of rotatable bonds is 8. The van der Waals surface area contributed by atoms with Gasteiger partial charge in [0.1, 0.15) is 0 Å². The molecule has 1 aliphatic heterocycles. The molecule has 2 heteroatoms. The van der Waals surface area contributed by atoms with Crippen LogP contribution in [0.1, 0.15) is 91.0 Å². The zero-order valence-corrected chi connectivity index (χ0v) is 18.0. The van der Waals surface area contributed by atoms with Crippen molar-refractivity contribution in [3.8, 4) is 0 Å². The molecule has 2 nitrogen and oxygen atoms in total. The quantitative estimate of drug-likeness (QED) is 0.575. The van der Waals surface area contributed by atoms with Crippen molar-refractivity contribution in [2.24, 2.45) is 5.92 Å². The van der Waals surface area contributed by atoms with Crippen molar-refractivity contribution in [2.45, 2.75) is 103 Å². The zero-order valence-electron chi connectivity index (χ0n) is 18.0. The summed E-state index contributed by atoms with van der Waals surface area (Å²) in [5.74, 6) is 1.25. The highest BCUT2D eigenvalue weighted by Gasteiger charge is 2.49. The van der Waals surface area contributed by atoms with Crippen molar-refractivity contribution in [3.05, 3.63) is 35.9 Å². The van der Waals surface area contributed by atoms with Crippen LogP contribution in [0.25, 0.3) is 0 Å². The van der Waals surface area contributed by atoms with Gasteiger partial charge >= 0.3 is 0 Å². The number of hydrogen-bond donors (Lipinski definition) is 1. The molecule has 0 aromatic heterocycles. The largest absolute Gasteiger partial charge is 0.393 e. The van der Waals surface area contributed by atoms with E-state index >= 15 is 0 Å². The fourth-order valence-corrected chi connectivity index (χ4v) is 5.17. The van der Waals surface area contributed by atoms with Crippen LogP contribution in [0.3, 0.4) is 0 Å². The van der Waals surface area contributed by atoms with E-state index in [0.29, 0.717) is 11.8 Å². The summed E-state index contributed by atoms with van der Waals surface area (Å²) in [5, 5.41) is 10.0. The zero-order chi connectivity index (χ0) is 19.4. The van der Waals surface area contributed by atoms with E-state index in [2.05, 4.69) is 76.9 Å². The third-order valence-corrected chi connectivity index (χ3v) is 7.04. The van der Waals surface area contributed by atoms with E-state index in [1.54, 1.807) is 0 Å². The number of likely N-dealkylation sites (tertiary alicyclic amines) is 1. The second-order valence-electron chi connectivity index (χ2n) is 9.58. The minimum atomic E-state index is -0.106. The van der Waals surface area contributed by atoms with E-state index < -0.39 is 0 Å². The average Bonchev–Trinajstić information content (AvgIpc) is 2.59. The van der Waals surface area contributed by atoms with Gasteiger partial charge < -0.3 is 5.11 Å². The second kappa shape index (κ2) is 8.89. The van der Waals surface area contributed by atoms with Gasteiger partial charge in [0.15, 0.2) is 0 Å². The molecule has 3 atom stereocenters. The second-order valence-corrected chi connectivity index (χ2v) is 9.58. The van der Waals surface area contributed by atoms with Crippen LogP contribution in [-0.4, -0.2) is 34.2 Å². The van der Waals surface area contributed by atoms with E-state index in [1.807, 2.05) is 0 Å². The van der Waals surface area contributed by atoms with Crippen molar-refractivity contribution in [1.29, 1.82) is 0 Å². The Bertz CT molecular complexity index is 536. The van der Waals surface area contributed by atoms with Crippen molar-refractivity contribution in [2.75, 3.05) is 7.05 Å². The number of benzene rings is 1. The van der Waals surface area contributed by atoms with Crippen LogP contribution in [-0.2, 0) is 0 Å². The predicted octanol–water partition coefficient (Wildman–Crippen LogP) is 6.00. The lowest BCUT2D eigenvalue weighted by Crippen LogP contribution is -2.62. The number of unbranched alkanes of at least 4 members (excludes halogenated alkanes) is 1. The molecule has 0 bridgehead atoms. The average molecular weight is 360 g/mol. The normalized spacial score (nSPS) is 26.6. The third kappa shape index (κ3) is 4.89. The molecule has 1 saturated heterocycles. The lowest BCUT2D eigenvalue weighted by atomic mass is 9.63. The van der Waals surface area contributed by atoms with Crippen LogP contribution in [0.2, 0.25) is 0 Å². The van der Waals surface area contributed by atoms with Crippen LogP contribution >= 0.6 is 0 Å². The van der Waals surface area contributed by atoms with Crippen LogP contribution in [0.5, 0.6) is 0 Å². The summed E-state index contributed by atoms with van der Waals surface area (Å²) in [6.07, 6.45) is 7.68. The summed E-state index contributed by atoms with van der Waals surface area (Å²) >= 11 is 0. The van der Waals surface area contributed by atoms with Crippen LogP contribution in [0.4, 0.5) is 0 Å². The summed E-state index contributed by atoms with van der Waals surface area (Å²) in [6, 6.07) is 11.1. The Morgan fingerprint density at radius 2 is 1.73 bits per heavy atom. The highest BCUT2D eigenvalue weighted by Crippen LogP contribution is 2.50. The van der Waals surface area contributed by atoms with Gasteiger partial charge in [0.05, 0.1) is 6.10 Å². The van der Waals surface area contributed by atoms with Gasteiger partial charge in [0.25, 0.3) is 0 Å². The molecule has 1 aromatic rings. The van der Waals surface area contributed by atoms with E-state index in [4.69, 9.17) is 0 Å². The molecule has 0 aliphatic carbocycles. The molecule has 0 radical (unpaired) electrons. The minimum absolute atomic E-state index is 0.106. The third-order valence-electron chi connectivity index (χ3n) is 7.04. The predicted molar refractivity (Wildman–Crippen MR) is 113 cm³/mol. The molecule has 0 saturated carbocycles. The number of hydrogen-bond acceptors (Lipinski definition) is 2. The first kappa shape index (κ1) is 21.4. The molecule has 26 heavy (non-hydrogen) atoms. The maximum absolute atomic E-state index is 10.0. The highest BCUT2D eigenvalue weighted by molar-refractivity contribution is 5.24. The molecule has 1 N–H and O–H groups in total. The highest BCUT2D eigenvalue weighted by atomic mass is 16.3. The molecule has 1 fully saturated rings. The van der Waals surface area contributed by atoms with Gasteiger partial charge in [-0.2, -0.15) is 0 Å². The molecule has 3 unspecified atom stereocenters. The minimum Gasteiger partial charge on any atom is -0.393 e. The lowest BCUT2D eigenvalue weighted by molar-refractivity contribution is -0.0607. The molecule has 1 aromatic carbocycles. The fraction of sp³-hybridized carbons (Fsp3) is 0.750. The monoisotopic (exact) mass is 359 g/mol. The Hall–Kier alpha value is -0.860. The summed E-state index contributed by atoms with van der Waals surface area (Å²) in [5.41, 5.74) is 1.88. The first-order valence-electron chi connectivity index (χ1n) is 10.7. The van der Waals surface area contributed by atoms with Gasteiger partial charge in [0, 0.05) is 11.1 Å². The maximum atomic E-state index is 10.0. The Morgan fingerprint density at radius 1 is 1.08 bits per heavy atom. The van der Waals surface area contributed by atoms with Gasteiger partial charge in [-0.25, -0.2) is 0 Å². The van der Waals surface area contributed by atoms with Gasteiger partial charge in [-0.3, -0.25) is 4.90 Å². The van der Waals surface area contributed by atoms with E-state index in [1.165, 1.54) is 24.8 Å². The van der Waals surface area contributed by atoms with E-state index in [9.17, 15) is 5.11 Å². The van der Waals surface area contributed by atoms with E-state index in [-0.39, 0.29) is 17.2 Å². The first-order chi connectivity index (χ1) is 12.2. The van der Waals surface area contributed by atoms with E-state index in [0.717, 1.165) is 25.7 Å². The summed E-state index contributed by atoms with van der Waals surface area (Å²) in [7, 11) is 2.30.